The van der Waals surface area contributed by atoms with Crippen molar-refractivity contribution in [3.05, 3.63) is 0 Å². The van der Waals surface area contributed by atoms with E-state index >= 15 is 0 Å². The van der Waals surface area contributed by atoms with Crippen molar-refractivity contribution in [2.24, 2.45) is 10.8 Å². The maximum absolute atomic E-state index is 12.7. The SMILES string of the molecule is CC1(C)CCC(C2(CC(=O)O)CCC2)N(C(=O)OC(C)(C)C)C1. The Labute approximate surface area is 139 Å². The number of ether oxygens (including phenoxy) is 1. The minimum Gasteiger partial charge on any atom is -0.481 e. The van der Waals surface area contributed by atoms with Crippen LogP contribution in [-0.4, -0.2) is 40.3 Å². The Morgan fingerprint density at radius 3 is 2.26 bits per heavy atom. The van der Waals surface area contributed by atoms with Gasteiger partial charge in [0.25, 0.3) is 0 Å². The molecule has 1 unspecified atom stereocenters. The summed E-state index contributed by atoms with van der Waals surface area (Å²) in [5.41, 5.74) is -0.760. The van der Waals surface area contributed by atoms with E-state index in [-0.39, 0.29) is 29.4 Å². The van der Waals surface area contributed by atoms with Crippen molar-refractivity contribution in [3.8, 4) is 0 Å². The molecule has 1 aliphatic heterocycles. The second kappa shape index (κ2) is 5.99. The summed E-state index contributed by atoms with van der Waals surface area (Å²) >= 11 is 0. The first-order chi connectivity index (χ1) is 10.4. The minimum absolute atomic E-state index is 0.0183. The van der Waals surface area contributed by atoms with Crippen LogP contribution in [0.4, 0.5) is 4.79 Å². The highest BCUT2D eigenvalue weighted by atomic mass is 16.6. The highest BCUT2D eigenvalue weighted by Crippen LogP contribution is 2.52. The number of carbonyl (C=O) groups excluding carboxylic acids is 1. The van der Waals surface area contributed by atoms with Crippen LogP contribution in [0.5, 0.6) is 0 Å². The zero-order chi connectivity index (χ0) is 17.5. The molecule has 132 valence electrons. The molecule has 2 aliphatic rings. The number of hydrogen-bond donors (Lipinski definition) is 1. The van der Waals surface area contributed by atoms with Gasteiger partial charge in [-0.05, 0) is 51.9 Å². The van der Waals surface area contributed by atoms with Crippen molar-refractivity contribution in [2.45, 2.75) is 84.8 Å². The molecule has 23 heavy (non-hydrogen) atoms. The quantitative estimate of drug-likeness (QED) is 0.850. The zero-order valence-corrected chi connectivity index (χ0v) is 15.1. The van der Waals surface area contributed by atoms with Gasteiger partial charge in [0.1, 0.15) is 5.60 Å². The van der Waals surface area contributed by atoms with Gasteiger partial charge in [0.05, 0.1) is 6.42 Å². The van der Waals surface area contributed by atoms with E-state index in [4.69, 9.17) is 4.74 Å². The fourth-order valence-corrected chi connectivity index (χ4v) is 4.04. The molecule has 0 spiro atoms. The summed E-state index contributed by atoms with van der Waals surface area (Å²) in [5.74, 6) is -0.765. The summed E-state index contributed by atoms with van der Waals surface area (Å²) < 4.78 is 5.61. The minimum atomic E-state index is -0.765. The average molecular weight is 325 g/mol. The number of carboxylic acid groups (broad SMARTS) is 1. The highest BCUT2D eigenvalue weighted by molar-refractivity contribution is 5.70. The molecular formula is C18H31NO4. The van der Waals surface area contributed by atoms with Crippen molar-refractivity contribution in [1.82, 2.24) is 4.90 Å². The van der Waals surface area contributed by atoms with Crippen molar-refractivity contribution in [2.75, 3.05) is 6.54 Å². The predicted molar refractivity (Wildman–Crippen MR) is 88.3 cm³/mol. The predicted octanol–water partition coefficient (Wildman–Crippen LogP) is 4.06. The number of aliphatic carboxylic acids is 1. The van der Waals surface area contributed by atoms with Gasteiger partial charge in [-0.3, -0.25) is 4.79 Å². The maximum atomic E-state index is 12.7. The molecule has 1 atom stereocenters. The van der Waals surface area contributed by atoms with Gasteiger partial charge in [-0.15, -0.1) is 0 Å². The first kappa shape index (κ1) is 18.1. The lowest BCUT2D eigenvalue weighted by Crippen LogP contribution is -2.59. The zero-order valence-electron chi connectivity index (χ0n) is 15.1. The van der Waals surface area contributed by atoms with Gasteiger partial charge >= 0.3 is 12.1 Å². The molecule has 1 N–H and O–H groups in total. The van der Waals surface area contributed by atoms with Crippen LogP contribution in [0, 0.1) is 10.8 Å². The normalized spacial score (nSPS) is 26.3. The third-order valence-electron chi connectivity index (χ3n) is 5.26. The first-order valence-electron chi connectivity index (χ1n) is 8.66. The Morgan fingerprint density at radius 2 is 1.83 bits per heavy atom. The van der Waals surface area contributed by atoms with E-state index in [2.05, 4.69) is 13.8 Å². The van der Waals surface area contributed by atoms with E-state index in [1.807, 2.05) is 25.7 Å². The van der Waals surface area contributed by atoms with Gasteiger partial charge in [-0.2, -0.15) is 0 Å². The average Bonchev–Trinajstić information content (AvgIpc) is 2.31. The van der Waals surface area contributed by atoms with Crippen molar-refractivity contribution in [1.29, 1.82) is 0 Å². The smallest absolute Gasteiger partial charge is 0.410 e. The molecule has 0 aromatic carbocycles. The number of piperidine rings is 1. The van der Waals surface area contributed by atoms with E-state index in [1.165, 1.54) is 0 Å². The summed E-state index contributed by atoms with van der Waals surface area (Å²) in [7, 11) is 0. The largest absolute Gasteiger partial charge is 0.481 e. The molecule has 5 heteroatoms. The Hall–Kier alpha value is -1.26. The summed E-state index contributed by atoms with van der Waals surface area (Å²) in [6.45, 7) is 10.5. The van der Waals surface area contributed by atoms with Gasteiger partial charge in [0, 0.05) is 18.0 Å². The van der Waals surface area contributed by atoms with Crippen molar-refractivity contribution in [3.63, 3.8) is 0 Å². The third-order valence-corrected chi connectivity index (χ3v) is 5.26. The van der Waals surface area contributed by atoms with Gasteiger partial charge in [-0.25, -0.2) is 4.79 Å². The molecule has 2 fully saturated rings. The fourth-order valence-electron chi connectivity index (χ4n) is 4.04. The molecule has 0 aromatic rings. The van der Waals surface area contributed by atoms with E-state index in [9.17, 15) is 14.7 Å². The summed E-state index contributed by atoms with van der Waals surface area (Å²) in [5, 5.41) is 9.32. The van der Waals surface area contributed by atoms with Gasteiger partial charge in [0.15, 0.2) is 0 Å². The summed E-state index contributed by atoms with van der Waals surface area (Å²) in [4.78, 5) is 25.9. The number of nitrogens with zero attached hydrogens (tertiary/aromatic N) is 1. The molecule has 2 rings (SSSR count). The molecule has 0 aromatic heterocycles. The lowest BCUT2D eigenvalue weighted by Gasteiger charge is -2.55. The Kier molecular flexibility index (Phi) is 4.71. The second-order valence-electron chi connectivity index (χ2n) is 9.11. The first-order valence-corrected chi connectivity index (χ1v) is 8.66. The van der Waals surface area contributed by atoms with Gasteiger partial charge in [0.2, 0.25) is 0 Å². The molecule has 1 saturated heterocycles. The molecule has 0 bridgehead atoms. The van der Waals surface area contributed by atoms with Crippen LogP contribution in [-0.2, 0) is 9.53 Å². The number of hydrogen-bond acceptors (Lipinski definition) is 3. The molecule has 5 nitrogen and oxygen atoms in total. The van der Waals surface area contributed by atoms with Gasteiger partial charge in [-0.1, -0.05) is 20.3 Å². The highest BCUT2D eigenvalue weighted by Gasteiger charge is 2.52. The Bertz CT molecular complexity index is 474. The van der Waals surface area contributed by atoms with Crippen LogP contribution < -0.4 is 0 Å². The Morgan fingerprint density at radius 1 is 1.22 bits per heavy atom. The van der Waals surface area contributed by atoms with E-state index in [1.54, 1.807) is 0 Å². The lowest BCUT2D eigenvalue weighted by atomic mass is 9.59. The summed E-state index contributed by atoms with van der Waals surface area (Å²) in [6.07, 6.45) is 4.56. The summed E-state index contributed by atoms with van der Waals surface area (Å²) in [6, 6.07) is -0.0183. The number of likely N-dealkylation sites (tertiary alicyclic amines) is 1. The molecular weight excluding hydrogens is 294 g/mol. The van der Waals surface area contributed by atoms with Crippen LogP contribution in [0.2, 0.25) is 0 Å². The van der Waals surface area contributed by atoms with Crippen LogP contribution in [0.1, 0.15) is 73.1 Å². The molecule has 1 amide bonds. The molecule has 0 radical (unpaired) electrons. The number of carbonyl (C=O) groups is 2. The van der Waals surface area contributed by atoms with Crippen molar-refractivity contribution < 1.29 is 19.4 Å². The van der Waals surface area contributed by atoms with E-state index in [0.29, 0.717) is 6.54 Å². The number of carboxylic acids is 1. The standard InChI is InChI=1S/C18H31NO4/c1-16(2,3)23-15(22)19-12-17(4,5)10-7-13(19)18(8-6-9-18)11-14(20)21/h13H,6-12H2,1-5H3,(H,20,21). The second-order valence-corrected chi connectivity index (χ2v) is 9.11. The topological polar surface area (TPSA) is 66.8 Å². The fraction of sp³-hybridized carbons (Fsp3) is 0.889. The van der Waals surface area contributed by atoms with Crippen LogP contribution in [0.25, 0.3) is 0 Å². The van der Waals surface area contributed by atoms with E-state index in [0.717, 1.165) is 32.1 Å². The third kappa shape index (κ3) is 4.18. The lowest BCUT2D eigenvalue weighted by molar-refractivity contribution is -0.145. The van der Waals surface area contributed by atoms with Crippen LogP contribution >= 0.6 is 0 Å². The molecule has 1 heterocycles. The van der Waals surface area contributed by atoms with Crippen molar-refractivity contribution >= 4 is 12.1 Å². The van der Waals surface area contributed by atoms with Crippen LogP contribution in [0.3, 0.4) is 0 Å². The maximum Gasteiger partial charge on any atom is 0.410 e. The number of rotatable bonds is 3. The molecule has 1 aliphatic carbocycles. The van der Waals surface area contributed by atoms with Gasteiger partial charge < -0.3 is 14.7 Å². The van der Waals surface area contributed by atoms with Crippen LogP contribution in [0.15, 0.2) is 0 Å². The Balaban J connectivity index is 2.24. The monoisotopic (exact) mass is 325 g/mol. The molecule has 1 saturated carbocycles. The number of amides is 1. The van der Waals surface area contributed by atoms with E-state index < -0.39 is 11.6 Å².